The number of H-pyrrole nitrogens is 1. The van der Waals surface area contributed by atoms with Crippen LogP contribution in [0, 0.1) is 5.41 Å². The number of para-hydroxylation sites is 1. The molecule has 0 spiro atoms. The van der Waals surface area contributed by atoms with Gasteiger partial charge in [-0.3, -0.25) is 14.9 Å². The molecular formula is C21H17N7O2S2. The first-order valence-corrected chi connectivity index (χ1v) is 11.2. The van der Waals surface area contributed by atoms with E-state index in [1.165, 1.54) is 11.3 Å². The normalized spacial score (nSPS) is 10.5. The Bertz CT molecular complexity index is 1290. The Labute approximate surface area is 190 Å². The fourth-order valence-corrected chi connectivity index (χ4v) is 4.10. The van der Waals surface area contributed by atoms with Crippen LogP contribution < -0.4 is 16.2 Å². The first kappa shape index (κ1) is 21.4. The Morgan fingerprint density at radius 3 is 2.53 bits per heavy atom. The second-order valence-corrected chi connectivity index (χ2v) is 8.33. The third-order valence-electron chi connectivity index (χ3n) is 4.15. The topological polar surface area (TPSA) is 137 Å². The molecule has 0 saturated heterocycles. The highest BCUT2D eigenvalue weighted by molar-refractivity contribution is 7.99. The molecule has 0 radical (unpaired) electrons. The predicted molar refractivity (Wildman–Crippen MR) is 127 cm³/mol. The van der Waals surface area contributed by atoms with E-state index < -0.39 is 5.56 Å². The fraction of sp³-hybridized carbons (Fsp3) is 0.0476. The fourth-order valence-electron chi connectivity index (χ4n) is 2.68. The summed E-state index contributed by atoms with van der Waals surface area (Å²) in [6.07, 6.45) is 0.943. The second-order valence-electron chi connectivity index (χ2n) is 6.38. The summed E-state index contributed by atoms with van der Waals surface area (Å²) in [4.78, 5) is 31.6. The van der Waals surface area contributed by atoms with Crippen LogP contribution in [0.5, 0.6) is 0 Å². The molecule has 4 aromatic rings. The Kier molecular flexibility index (Phi) is 6.68. The largest absolute Gasteiger partial charge is 0.339 e. The molecule has 9 nitrogen and oxygen atoms in total. The third kappa shape index (κ3) is 5.25. The van der Waals surface area contributed by atoms with Crippen molar-refractivity contribution < 1.29 is 4.79 Å². The summed E-state index contributed by atoms with van der Waals surface area (Å²) in [6, 6.07) is 18.8. The second kappa shape index (κ2) is 9.98. The minimum Gasteiger partial charge on any atom is -0.339 e. The lowest BCUT2D eigenvalue weighted by molar-refractivity contribution is -0.113. The molecule has 4 N–H and O–H groups in total. The number of carbonyl (C=O) groups excluding carboxylic acids is 1. The van der Waals surface area contributed by atoms with E-state index in [0.717, 1.165) is 29.2 Å². The van der Waals surface area contributed by atoms with E-state index in [4.69, 9.17) is 5.41 Å². The SMILES string of the molecule is N=Cc1c(Nc2ccccc2)nc(SCC(=O)Nc2nnc(-c3ccccc3)s2)[nH]c1=O. The van der Waals surface area contributed by atoms with E-state index in [0.29, 0.717) is 10.1 Å². The van der Waals surface area contributed by atoms with E-state index >= 15 is 0 Å². The van der Waals surface area contributed by atoms with Crippen LogP contribution in [0.4, 0.5) is 16.6 Å². The van der Waals surface area contributed by atoms with Gasteiger partial charge in [0.15, 0.2) is 5.16 Å². The lowest BCUT2D eigenvalue weighted by Gasteiger charge is -2.09. The van der Waals surface area contributed by atoms with Gasteiger partial charge in [-0.1, -0.05) is 71.6 Å². The standard InChI is InChI=1S/C21H17N7O2S2/c22-11-15-17(23-14-9-5-2-6-10-14)25-20(26-18(15)30)31-12-16(29)24-21-28-27-19(32-21)13-7-3-1-4-8-13/h1-11,22H,12H2,(H,24,28,29)(H2,23,25,26,30). The maximum atomic E-state index is 12.4. The van der Waals surface area contributed by atoms with Crippen LogP contribution in [0.3, 0.4) is 0 Å². The van der Waals surface area contributed by atoms with Crippen molar-refractivity contribution in [3.63, 3.8) is 0 Å². The van der Waals surface area contributed by atoms with Gasteiger partial charge in [0, 0.05) is 17.5 Å². The molecule has 4 rings (SSSR count). The molecule has 2 aromatic carbocycles. The highest BCUT2D eigenvalue weighted by Gasteiger charge is 2.14. The monoisotopic (exact) mass is 463 g/mol. The number of nitrogens with zero attached hydrogens (tertiary/aromatic N) is 3. The van der Waals surface area contributed by atoms with Crippen LogP contribution in [0.1, 0.15) is 5.56 Å². The van der Waals surface area contributed by atoms with Gasteiger partial charge in [0.05, 0.1) is 5.75 Å². The lowest BCUT2D eigenvalue weighted by atomic mass is 10.2. The molecule has 0 atom stereocenters. The van der Waals surface area contributed by atoms with Crippen LogP contribution in [-0.2, 0) is 4.79 Å². The number of rotatable bonds is 8. The number of hydrogen-bond acceptors (Lipinski definition) is 9. The van der Waals surface area contributed by atoms with Gasteiger partial charge in [-0.25, -0.2) is 4.98 Å². The molecule has 1 amide bonds. The van der Waals surface area contributed by atoms with E-state index in [2.05, 4.69) is 30.8 Å². The Morgan fingerprint density at radius 1 is 1.09 bits per heavy atom. The van der Waals surface area contributed by atoms with E-state index in [-0.39, 0.29) is 28.2 Å². The highest BCUT2D eigenvalue weighted by atomic mass is 32.2. The molecule has 32 heavy (non-hydrogen) atoms. The average Bonchev–Trinajstić information content (AvgIpc) is 3.27. The zero-order chi connectivity index (χ0) is 22.3. The molecule has 2 heterocycles. The minimum absolute atomic E-state index is 0.0118. The number of thioether (sulfide) groups is 1. The maximum Gasteiger partial charge on any atom is 0.262 e. The van der Waals surface area contributed by atoms with E-state index in [1.807, 2.05) is 60.7 Å². The molecule has 11 heteroatoms. The van der Waals surface area contributed by atoms with Crippen molar-refractivity contribution in [2.24, 2.45) is 0 Å². The van der Waals surface area contributed by atoms with Crippen molar-refractivity contribution in [1.82, 2.24) is 20.2 Å². The molecule has 0 saturated carbocycles. The average molecular weight is 464 g/mol. The molecule has 0 aliphatic carbocycles. The number of carbonyl (C=O) groups is 1. The van der Waals surface area contributed by atoms with Gasteiger partial charge in [0.25, 0.3) is 5.56 Å². The van der Waals surface area contributed by atoms with Crippen LogP contribution in [0.15, 0.2) is 70.6 Å². The van der Waals surface area contributed by atoms with Crippen molar-refractivity contribution in [3.05, 3.63) is 76.6 Å². The molecule has 160 valence electrons. The number of amides is 1. The predicted octanol–water partition coefficient (Wildman–Crippen LogP) is 3.76. The van der Waals surface area contributed by atoms with Crippen LogP contribution in [0.25, 0.3) is 10.6 Å². The van der Waals surface area contributed by atoms with Gasteiger partial charge in [-0.15, -0.1) is 10.2 Å². The summed E-state index contributed by atoms with van der Waals surface area (Å²) in [7, 11) is 0. The third-order valence-corrected chi connectivity index (χ3v) is 5.91. The molecule has 0 aliphatic rings. The Balaban J connectivity index is 1.42. The van der Waals surface area contributed by atoms with Gasteiger partial charge >= 0.3 is 0 Å². The molecule has 0 bridgehead atoms. The summed E-state index contributed by atoms with van der Waals surface area (Å²) in [5.74, 6) is -0.0469. The number of aromatic nitrogens is 4. The zero-order valence-corrected chi connectivity index (χ0v) is 18.2. The molecule has 0 fully saturated rings. The molecule has 2 aromatic heterocycles. The molecular weight excluding hydrogens is 446 g/mol. The number of benzene rings is 2. The molecule has 0 aliphatic heterocycles. The number of aromatic amines is 1. The summed E-state index contributed by atoms with van der Waals surface area (Å²) in [6.45, 7) is 0. The van der Waals surface area contributed by atoms with Crippen LogP contribution in [0.2, 0.25) is 0 Å². The number of hydrogen-bond donors (Lipinski definition) is 4. The van der Waals surface area contributed by atoms with Crippen molar-refractivity contribution in [2.75, 3.05) is 16.4 Å². The summed E-state index contributed by atoms with van der Waals surface area (Å²) >= 11 is 2.35. The van der Waals surface area contributed by atoms with Gasteiger partial charge in [0.1, 0.15) is 16.4 Å². The van der Waals surface area contributed by atoms with Crippen LogP contribution >= 0.6 is 23.1 Å². The van der Waals surface area contributed by atoms with E-state index in [9.17, 15) is 9.59 Å². The van der Waals surface area contributed by atoms with Crippen molar-refractivity contribution in [3.8, 4) is 10.6 Å². The first-order valence-electron chi connectivity index (χ1n) is 9.41. The van der Waals surface area contributed by atoms with Gasteiger partial charge in [-0.2, -0.15) is 0 Å². The molecule has 0 unspecified atom stereocenters. The van der Waals surface area contributed by atoms with E-state index in [1.54, 1.807) is 0 Å². The lowest BCUT2D eigenvalue weighted by Crippen LogP contribution is -2.19. The van der Waals surface area contributed by atoms with Crippen molar-refractivity contribution in [2.45, 2.75) is 5.16 Å². The smallest absolute Gasteiger partial charge is 0.262 e. The van der Waals surface area contributed by atoms with Crippen molar-refractivity contribution >= 4 is 51.9 Å². The quantitative estimate of drug-likeness (QED) is 0.177. The Hall–Kier alpha value is -3.83. The zero-order valence-electron chi connectivity index (χ0n) is 16.5. The van der Waals surface area contributed by atoms with Gasteiger partial charge in [-0.05, 0) is 12.1 Å². The number of nitrogens with one attached hydrogen (secondary N) is 4. The summed E-state index contributed by atoms with van der Waals surface area (Å²) in [5, 5.41) is 22.7. The maximum absolute atomic E-state index is 12.4. The summed E-state index contributed by atoms with van der Waals surface area (Å²) < 4.78 is 0. The number of anilines is 3. The minimum atomic E-state index is -0.465. The first-order chi connectivity index (χ1) is 15.6. The summed E-state index contributed by atoms with van der Waals surface area (Å²) in [5.41, 5.74) is 1.29. The van der Waals surface area contributed by atoms with Gasteiger partial charge in [0.2, 0.25) is 11.0 Å². The van der Waals surface area contributed by atoms with Crippen LogP contribution in [-0.4, -0.2) is 38.0 Å². The Morgan fingerprint density at radius 2 is 1.81 bits per heavy atom. The van der Waals surface area contributed by atoms with Crippen molar-refractivity contribution in [1.29, 1.82) is 5.41 Å². The highest BCUT2D eigenvalue weighted by Crippen LogP contribution is 2.26. The van der Waals surface area contributed by atoms with Gasteiger partial charge < -0.3 is 15.7 Å².